The Hall–Kier alpha value is -0.0697. The molecular weight excluding hydrogens is 338 g/mol. The summed E-state index contributed by atoms with van der Waals surface area (Å²) in [5.41, 5.74) is 1.21. The van der Waals surface area contributed by atoms with Gasteiger partial charge in [0.05, 0.1) is 0 Å². The third-order valence-electron chi connectivity index (χ3n) is 1.46. The smallest absolute Gasteiger partial charge is 0.361 e. The van der Waals surface area contributed by atoms with E-state index in [1.54, 1.807) is 0 Å². The molecule has 0 saturated heterocycles. The number of H-pyrrole nitrogens is 1. The molecule has 2 aromatic rings. The van der Waals surface area contributed by atoms with Crippen LogP contribution in [0, 0.1) is 0 Å². The van der Waals surface area contributed by atoms with Crippen LogP contribution in [0.5, 0.6) is 0 Å². The quantitative estimate of drug-likeness (QED) is 0.555. The maximum atomic E-state index is 3.12. The zero-order chi connectivity index (χ0) is 6.10. The molecule has 0 amide bonds. The van der Waals surface area contributed by atoms with E-state index >= 15 is 0 Å². The van der Waals surface area contributed by atoms with Crippen molar-refractivity contribution in [3.05, 3.63) is 36.5 Å². The van der Waals surface area contributed by atoms with Gasteiger partial charge in [-0.2, -0.15) is 9.90 Å². The van der Waals surface area contributed by atoms with E-state index < -0.39 is 0 Å². The van der Waals surface area contributed by atoms with E-state index in [4.69, 9.17) is 0 Å². The van der Waals surface area contributed by atoms with Crippen molar-refractivity contribution >= 4 is 20.8 Å². The van der Waals surface area contributed by atoms with Crippen molar-refractivity contribution in [2.24, 2.45) is 0 Å². The van der Waals surface area contributed by atoms with E-state index in [0.29, 0.717) is 0 Å². The molecule has 1 aromatic carbocycles. The second-order valence-electron chi connectivity index (χ2n) is 2.06. The monoisotopic (exact) mass is 348 g/mol. The van der Waals surface area contributed by atoms with Crippen molar-refractivity contribution in [3.8, 4) is 0 Å². The molecule has 1 aromatic heterocycles. The Bertz CT molecular complexity index is 288. The van der Waals surface area contributed by atoms with Crippen LogP contribution >= 0.6 is 9.90 Å². The van der Waals surface area contributed by atoms with Gasteiger partial charge in [0.1, 0.15) is 0 Å². The number of hydrogen-bond donors (Lipinski definition) is 1. The Morgan fingerprint density at radius 3 is 2.45 bits per heavy atom. The molecule has 1 nitrogen and oxygen atoms in total. The average Bonchev–Trinajstić information content (AvgIpc) is 2.33. The van der Waals surface area contributed by atoms with Crippen molar-refractivity contribution in [2.75, 3.05) is 0 Å². The number of aromatic nitrogens is 1. The van der Waals surface area contributed by atoms with Crippen molar-refractivity contribution in [1.29, 1.82) is 0 Å². The third kappa shape index (κ3) is 2.18. The minimum Gasteiger partial charge on any atom is -0.361 e. The maximum absolute atomic E-state index is 3.12. The first-order valence-electron chi connectivity index (χ1n) is 2.99. The molecule has 1 atom stereocenters. The third-order valence-corrected chi connectivity index (χ3v) is 1.46. The Morgan fingerprint density at radius 2 is 1.73 bits per heavy atom. The zero-order valence-electron chi connectivity index (χ0n) is 5.97. The number of benzene rings is 1. The van der Waals surface area contributed by atoms with E-state index in [1.165, 1.54) is 10.9 Å². The topological polar surface area (TPSA) is 15.8 Å². The fourth-order valence-corrected chi connectivity index (χ4v) is 0.995. The van der Waals surface area contributed by atoms with Crippen LogP contribution in [-0.2, 0) is 22.4 Å². The summed E-state index contributed by atoms with van der Waals surface area (Å²) < 4.78 is 0. The molecule has 1 unspecified atom stereocenters. The Morgan fingerprint density at radius 1 is 1.00 bits per heavy atom. The number of rotatable bonds is 0. The van der Waals surface area contributed by atoms with Gasteiger partial charge in [-0.1, -0.05) is 18.2 Å². The van der Waals surface area contributed by atoms with E-state index in [9.17, 15) is 0 Å². The second kappa shape index (κ2) is 4.74. The van der Waals surface area contributed by atoms with Crippen LogP contribution in [-0.4, -0.2) is 4.98 Å². The van der Waals surface area contributed by atoms with Crippen molar-refractivity contribution in [2.45, 2.75) is 0 Å². The summed E-state index contributed by atoms with van der Waals surface area (Å²) in [6.07, 6.45) is 1.95. The first kappa shape index (κ1) is 10.9. The molecule has 0 aliphatic rings. The number of aromatic amines is 1. The van der Waals surface area contributed by atoms with Crippen molar-refractivity contribution in [1.82, 2.24) is 4.98 Å². The van der Waals surface area contributed by atoms with Gasteiger partial charge in [0, 0.05) is 11.7 Å². The van der Waals surface area contributed by atoms with E-state index in [0.717, 1.165) is 0 Å². The second-order valence-corrected chi connectivity index (χ2v) is 2.06. The van der Waals surface area contributed by atoms with Crippen LogP contribution in [0.4, 0.5) is 0 Å². The van der Waals surface area contributed by atoms with Gasteiger partial charge in [0.25, 0.3) is 0 Å². The number of para-hydroxylation sites is 1. The van der Waals surface area contributed by atoms with Crippen LogP contribution in [0.25, 0.3) is 10.9 Å². The van der Waals surface area contributed by atoms with Crippen LogP contribution in [0.1, 0.15) is 0 Å². The predicted octanol–water partition coefficient (Wildman–Crippen LogP) is 2.22. The fraction of sp³-hybridized carbons (Fsp3) is 0. The molecule has 3 heteroatoms. The molecule has 0 aliphatic carbocycles. The van der Waals surface area contributed by atoms with Gasteiger partial charge in [0.2, 0.25) is 0 Å². The molecule has 0 spiro atoms. The molecule has 0 aliphatic heterocycles. The van der Waals surface area contributed by atoms with Gasteiger partial charge in [-0.25, -0.2) is 0 Å². The summed E-state index contributed by atoms with van der Waals surface area (Å²) in [4.78, 5) is 3.12. The summed E-state index contributed by atoms with van der Waals surface area (Å²) in [6, 6.07) is 10.3. The Kier molecular flexibility index (Phi) is 4.71. The first-order chi connectivity index (χ1) is 4.47. The summed E-state index contributed by atoms with van der Waals surface area (Å²) >= 11 is 0. The minimum absolute atomic E-state index is 0. The van der Waals surface area contributed by atoms with Crippen LogP contribution < -0.4 is 0 Å². The summed E-state index contributed by atoms with van der Waals surface area (Å²) in [5, 5.41) is 1.28. The summed E-state index contributed by atoms with van der Waals surface area (Å²) in [6.45, 7) is 0. The van der Waals surface area contributed by atoms with Gasteiger partial charge >= 0.3 is 22.4 Å². The predicted molar refractivity (Wildman–Crippen MR) is 49.4 cm³/mol. The van der Waals surface area contributed by atoms with Crippen molar-refractivity contribution < 1.29 is 22.4 Å². The fourth-order valence-electron chi connectivity index (χ4n) is 0.995. The molecular formula is C8H10AuNP+. The summed E-state index contributed by atoms with van der Waals surface area (Å²) in [5.74, 6) is 0. The van der Waals surface area contributed by atoms with E-state index in [2.05, 4.69) is 23.2 Å². The Labute approximate surface area is 84.7 Å². The summed E-state index contributed by atoms with van der Waals surface area (Å²) in [7, 11) is 0. The average molecular weight is 348 g/mol. The first-order valence-corrected chi connectivity index (χ1v) is 2.99. The van der Waals surface area contributed by atoms with Gasteiger partial charge in [0.15, 0.2) is 0 Å². The van der Waals surface area contributed by atoms with Crippen LogP contribution in [0.2, 0.25) is 0 Å². The van der Waals surface area contributed by atoms with Crippen molar-refractivity contribution in [3.63, 3.8) is 0 Å². The number of fused-ring (bicyclic) bond motifs is 1. The van der Waals surface area contributed by atoms with Gasteiger partial charge in [-0.05, 0) is 17.5 Å². The molecule has 0 radical (unpaired) electrons. The minimum atomic E-state index is 0. The molecule has 0 bridgehead atoms. The van der Waals surface area contributed by atoms with Crippen LogP contribution in [0.3, 0.4) is 0 Å². The molecule has 1 heterocycles. The molecule has 0 saturated carbocycles. The molecule has 62 valence electrons. The van der Waals surface area contributed by atoms with E-state index in [1.807, 2.05) is 18.3 Å². The molecule has 2 rings (SSSR count). The van der Waals surface area contributed by atoms with Gasteiger partial charge in [-0.15, -0.1) is 0 Å². The largest absolute Gasteiger partial charge is 1.00 e. The van der Waals surface area contributed by atoms with E-state index in [-0.39, 0.29) is 32.3 Å². The SMILES string of the molecule is P.[Au+].c1ccc2[nH]ccc2c1. The van der Waals surface area contributed by atoms with Gasteiger partial charge < -0.3 is 4.98 Å². The van der Waals surface area contributed by atoms with Crippen LogP contribution in [0.15, 0.2) is 36.5 Å². The normalized spacial score (nSPS) is 8.36. The molecule has 1 N–H and O–H groups in total. The molecule has 11 heavy (non-hydrogen) atoms. The Balaban J connectivity index is 0.000000500. The molecule has 0 fully saturated rings. The van der Waals surface area contributed by atoms with Gasteiger partial charge in [-0.3, -0.25) is 0 Å². The standard InChI is InChI=1S/C8H7N.Au.H3P/c1-2-4-8-7(3-1)5-6-9-8;;/h1-6,9H;;1H3/q;+1;. The maximum Gasteiger partial charge on any atom is 1.00 e. The number of nitrogens with one attached hydrogen (secondary N) is 1. The number of hydrogen-bond acceptors (Lipinski definition) is 0. The zero-order valence-corrected chi connectivity index (χ0v) is 9.55.